The maximum atomic E-state index is 12.1. The van der Waals surface area contributed by atoms with Crippen molar-refractivity contribution in [3.05, 3.63) is 59.2 Å². The second-order valence-corrected chi connectivity index (χ2v) is 6.45. The van der Waals surface area contributed by atoms with Gasteiger partial charge >= 0.3 is 0 Å². The summed E-state index contributed by atoms with van der Waals surface area (Å²) in [5, 5.41) is 0. The molecule has 2 N–H and O–H groups in total. The minimum Gasteiger partial charge on any atom is -0.397 e. The molecule has 0 atom stereocenters. The number of rotatable bonds is 2. The third kappa shape index (κ3) is 2.58. The van der Waals surface area contributed by atoms with E-state index in [9.17, 15) is 4.79 Å². The van der Waals surface area contributed by atoms with Gasteiger partial charge in [0.05, 0.1) is 17.1 Å². The number of carbonyl (C=O) groups excluding carboxylic acids is 1. The molecular formula is C20H21N3O. The van der Waals surface area contributed by atoms with E-state index >= 15 is 0 Å². The lowest BCUT2D eigenvalue weighted by Crippen LogP contribution is -2.30. The van der Waals surface area contributed by atoms with Crippen molar-refractivity contribution < 1.29 is 4.79 Å². The number of aliphatic imine (C=N–C) groups is 1. The molecule has 2 aromatic rings. The normalized spacial score (nSPS) is 17.4. The van der Waals surface area contributed by atoms with Gasteiger partial charge in [-0.3, -0.25) is 9.79 Å². The third-order valence-corrected chi connectivity index (χ3v) is 4.86. The fraction of sp³-hybridized carbons (Fsp3) is 0.300. The molecule has 2 heterocycles. The third-order valence-electron chi connectivity index (χ3n) is 4.86. The second kappa shape index (κ2) is 6.11. The lowest BCUT2D eigenvalue weighted by atomic mass is 9.92. The van der Waals surface area contributed by atoms with Gasteiger partial charge in [0.25, 0.3) is 0 Å². The molecule has 0 spiro atoms. The van der Waals surface area contributed by atoms with Crippen LogP contribution in [0.15, 0.2) is 47.5 Å². The lowest BCUT2D eigenvalue weighted by Gasteiger charge is -2.30. The van der Waals surface area contributed by atoms with Crippen molar-refractivity contribution in [3.63, 3.8) is 0 Å². The number of nitrogens with zero attached hydrogens (tertiary/aromatic N) is 2. The number of anilines is 2. The molecule has 24 heavy (non-hydrogen) atoms. The molecule has 122 valence electrons. The van der Waals surface area contributed by atoms with Gasteiger partial charge in [-0.1, -0.05) is 30.3 Å². The number of nitrogen functional groups attached to an aromatic ring is 1. The zero-order valence-corrected chi connectivity index (χ0v) is 13.7. The summed E-state index contributed by atoms with van der Waals surface area (Å²) in [6, 6.07) is 13.8. The van der Waals surface area contributed by atoms with Crippen LogP contribution in [0.2, 0.25) is 0 Å². The van der Waals surface area contributed by atoms with E-state index in [2.05, 4.69) is 22.0 Å². The van der Waals surface area contributed by atoms with Crippen LogP contribution in [0.4, 0.5) is 11.4 Å². The van der Waals surface area contributed by atoms with Crippen LogP contribution in [0.1, 0.15) is 40.7 Å². The SMILES string of the molecule is Nc1cc(C2=NCC(=O)c3ccccc32)ccc1N1CCCCC1. The van der Waals surface area contributed by atoms with Crippen LogP contribution in [-0.4, -0.2) is 31.1 Å². The Kier molecular flexibility index (Phi) is 3.81. The summed E-state index contributed by atoms with van der Waals surface area (Å²) < 4.78 is 0. The fourth-order valence-electron chi connectivity index (χ4n) is 3.63. The first-order valence-electron chi connectivity index (χ1n) is 8.56. The average Bonchev–Trinajstić information content (AvgIpc) is 2.63. The van der Waals surface area contributed by atoms with Gasteiger partial charge in [0.15, 0.2) is 5.78 Å². The van der Waals surface area contributed by atoms with Gasteiger partial charge in [-0.15, -0.1) is 0 Å². The van der Waals surface area contributed by atoms with Crippen molar-refractivity contribution in [1.82, 2.24) is 0 Å². The topological polar surface area (TPSA) is 58.7 Å². The van der Waals surface area contributed by atoms with Crippen molar-refractivity contribution in [2.75, 3.05) is 30.3 Å². The van der Waals surface area contributed by atoms with Crippen LogP contribution >= 0.6 is 0 Å². The Balaban J connectivity index is 1.70. The molecule has 1 fully saturated rings. The molecule has 0 bridgehead atoms. The highest BCUT2D eigenvalue weighted by Crippen LogP contribution is 2.29. The highest BCUT2D eigenvalue weighted by atomic mass is 16.1. The summed E-state index contributed by atoms with van der Waals surface area (Å²) in [5.41, 5.74) is 11.7. The number of Topliss-reactive ketones (excluding diaryl/α,β-unsaturated/α-hetero) is 1. The standard InChI is InChI=1S/C20H21N3O/c21-17-12-14(8-9-18(17)23-10-4-1-5-11-23)20-16-7-3-2-6-15(16)19(24)13-22-20/h2-3,6-9,12H,1,4-5,10-11,13,21H2. The van der Waals surface area contributed by atoms with Gasteiger partial charge < -0.3 is 10.6 Å². The molecule has 2 aromatic carbocycles. The molecule has 2 aliphatic heterocycles. The quantitative estimate of drug-likeness (QED) is 0.864. The van der Waals surface area contributed by atoms with Crippen molar-refractivity contribution in [1.29, 1.82) is 0 Å². The largest absolute Gasteiger partial charge is 0.397 e. The molecule has 0 radical (unpaired) electrons. The fourth-order valence-corrected chi connectivity index (χ4v) is 3.63. The zero-order valence-electron chi connectivity index (χ0n) is 13.7. The minimum atomic E-state index is 0.0762. The Labute approximate surface area is 142 Å². The summed E-state index contributed by atoms with van der Waals surface area (Å²) in [6.45, 7) is 2.35. The Morgan fingerprint density at radius 2 is 1.71 bits per heavy atom. The molecule has 4 nitrogen and oxygen atoms in total. The molecule has 0 unspecified atom stereocenters. The predicted octanol–water partition coefficient (Wildman–Crippen LogP) is 3.29. The smallest absolute Gasteiger partial charge is 0.184 e. The summed E-state index contributed by atoms with van der Waals surface area (Å²) in [7, 11) is 0. The van der Waals surface area contributed by atoms with E-state index in [0.717, 1.165) is 46.9 Å². The van der Waals surface area contributed by atoms with E-state index < -0.39 is 0 Å². The van der Waals surface area contributed by atoms with E-state index in [1.165, 1.54) is 19.3 Å². The molecule has 1 saturated heterocycles. The number of hydrogen-bond acceptors (Lipinski definition) is 4. The van der Waals surface area contributed by atoms with Crippen LogP contribution in [-0.2, 0) is 0 Å². The number of carbonyl (C=O) groups is 1. The van der Waals surface area contributed by atoms with E-state index in [4.69, 9.17) is 5.73 Å². The molecule has 0 aliphatic carbocycles. The maximum Gasteiger partial charge on any atom is 0.184 e. The molecule has 2 aliphatic rings. The number of ketones is 1. The number of nitrogens with two attached hydrogens (primary N) is 1. The van der Waals surface area contributed by atoms with Crippen LogP contribution in [0.5, 0.6) is 0 Å². The number of piperidine rings is 1. The maximum absolute atomic E-state index is 12.1. The zero-order chi connectivity index (χ0) is 16.5. The van der Waals surface area contributed by atoms with E-state index in [1.54, 1.807) is 0 Å². The molecule has 0 amide bonds. The Bertz CT molecular complexity index is 819. The van der Waals surface area contributed by atoms with Gasteiger partial charge in [0.2, 0.25) is 0 Å². The monoisotopic (exact) mass is 319 g/mol. The summed E-state index contributed by atoms with van der Waals surface area (Å²) in [6.07, 6.45) is 3.75. The number of fused-ring (bicyclic) bond motifs is 1. The Hall–Kier alpha value is -2.62. The van der Waals surface area contributed by atoms with Crippen LogP contribution in [0, 0.1) is 0 Å². The molecule has 4 heteroatoms. The predicted molar refractivity (Wildman–Crippen MR) is 98.2 cm³/mol. The van der Waals surface area contributed by atoms with Gasteiger partial charge in [-0.25, -0.2) is 0 Å². The van der Waals surface area contributed by atoms with E-state index in [-0.39, 0.29) is 12.3 Å². The lowest BCUT2D eigenvalue weighted by molar-refractivity contribution is 0.1000. The van der Waals surface area contributed by atoms with Crippen molar-refractivity contribution in [2.24, 2.45) is 4.99 Å². The van der Waals surface area contributed by atoms with Crippen molar-refractivity contribution in [3.8, 4) is 0 Å². The highest BCUT2D eigenvalue weighted by molar-refractivity contribution is 6.22. The highest BCUT2D eigenvalue weighted by Gasteiger charge is 2.22. The number of hydrogen-bond donors (Lipinski definition) is 1. The van der Waals surface area contributed by atoms with E-state index in [0.29, 0.717) is 0 Å². The minimum absolute atomic E-state index is 0.0762. The summed E-state index contributed by atoms with van der Waals surface area (Å²) in [4.78, 5) is 18.9. The summed E-state index contributed by atoms with van der Waals surface area (Å²) in [5.74, 6) is 0.0762. The Morgan fingerprint density at radius 1 is 0.958 bits per heavy atom. The molecular weight excluding hydrogens is 298 g/mol. The summed E-state index contributed by atoms with van der Waals surface area (Å²) >= 11 is 0. The van der Waals surface area contributed by atoms with Gasteiger partial charge in [0, 0.05) is 29.8 Å². The van der Waals surface area contributed by atoms with Crippen LogP contribution in [0.25, 0.3) is 0 Å². The van der Waals surface area contributed by atoms with Gasteiger partial charge in [-0.2, -0.15) is 0 Å². The Morgan fingerprint density at radius 3 is 2.46 bits per heavy atom. The number of benzene rings is 2. The first-order chi connectivity index (χ1) is 11.7. The molecule has 4 rings (SSSR count). The average molecular weight is 319 g/mol. The molecule has 0 saturated carbocycles. The van der Waals surface area contributed by atoms with Crippen molar-refractivity contribution >= 4 is 22.9 Å². The van der Waals surface area contributed by atoms with Crippen LogP contribution in [0.3, 0.4) is 0 Å². The van der Waals surface area contributed by atoms with Crippen LogP contribution < -0.4 is 10.6 Å². The second-order valence-electron chi connectivity index (χ2n) is 6.45. The first-order valence-corrected chi connectivity index (χ1v) is 8.56. The molecule has 0 aromatic heterocycles. The van der Waals surface area contributed by atoms with Crippen molar-refractivity contribution in [2.45, 2.75) is 19.3 Å². The van der Waals surface area contributed by atoms with Gasteiger partial charge in [-0.05, 0) is 31.4 Å². The van der Waals surface area contributed by atoms with Gasteiger partial charge in [0.1, 0.15) is 6.54 Å². The first kappa shape index (κ1) is 14.9. The van der Waals surface area contributed by atoms with E-state index in [1.807, 2.05) is 30.3 Å².